The molecule has 0 spiro atoms. The van der Waals surface area contributed by atoms with Crippen LogP contribution in [0, 0.1) is 5.92 Å². The average Bonchev–Trinajstić information content (AvgIpc) is 2.81. The Balaban J connectivity index is 0. The maximum absolute atomic E-state index is 5.92. The maximum atomic E-state index is 5.92. The molecule has 4 nitrogen and oxygen atoms in total. The topological polar surface area (TPSA) is 36.9 Å². The van der Waals surface area contributed by atoms with Crippen molar-refractivity contribution in [2.45, 2.75) is 150 Å². The quantitative estimate of drug-likeness (QED) is 0.113. The Morgan fingerprint density at radius 2 is 0.969 bits per heavy atom. The van der Waals surface area contributed by atoms with Gasteiger partial charge in [0.05, 0.1) is 0 Å². The lowest BCUT2D eigenvalue weighted by molar-refractivity contribution is -0.148. The molecule has 196 valence electrons. The van der Waals surface area contributed by atoms with Gasteiger partial charge in [-0.25, -0.2) is 0 Å². The van der Waals surface area contributed by atoms with Crippen LogP contribution in [0.2, 0.25) is 0 Å². The molecule has 0 aromatic heterocycles. The number of ether oxygens (including phenoxy) is 4. The fourth-order valence-electron chi connectivity index (χ4n) is 3.74. The molecule has 0 radical (unpaired) electrons. The lowest BCUT2D eigenvalue weighted by Gasteiger charge is -2.23. The Morgan fingerprint density at radius 3 is 1.38 bits per heavy atom. The molecule has 4 heteroatoms. The second-order valence-electron chi connectivity index (χ2n) is 8.94. The molecule has 0 aliphatic heterocycles. The summed E-state index contributed by atoms with van der Waals surface area (Å²) in [6.45, 7) is 12.9. The first-order chi connectivity index (χ1) is 15.6. The van der Waals surface area contributed by atoms with Crippen molar-refractivity contribution in [2.75, 3.05) is 27.4 Å². The van der Waals surface area contributed by atoms with Crippen molar-refractivity contribution in [1.29, 1.82) is 0 Å². The highest BCUT2D eigenvalue weighted by molar-refractivity contribution is 4.60. The summed E-state index contributed by atoms with van der Waals surface area (Å²) < 4.78 is 22.3. The molecular weight excluding hydrogens is 400 g/mol. The van der Waals surface area contributed by atoms with E-state index in [2.05, 4.69) is 34.6 Å². The van der Waals surface area contributed by atoms with Gasteiger partial charge in [-0.1, -0.05) is 98.8 Å². The summed E-state index contributed by atoms with van der Waals surface area (Å²) in [5.41, 5.74) is 0. The average molecular weight is 461 g/mol. The predicted octanol–water partition coefficient (Wildman–Crippen LogP) is 8.91. The molecule has 1 atom stereocenters. The summed E-state index contributed by atoms with van der Waals surface area (Å²) in [5.74, 6) is 0.556. The summed E-state index contributed by atoms with van der Waals surface area (Å²) in [4.78, 5) is 0. The number of methoxy groups -OCH3 is 2. The van der Waals surface area contributed by atoms with E-state index in [1.165, 1.54) is 89.9 Å². The van der Waals surface area contributed by atoms with Crippen LogP contribution in [0.15, 0.2) is 0 Å². The third kappa shape index (κ3) is 23.0. The zero-order chi connectivity index (χ0) is 24.3. The smallest absolute Gasteiger partial charge is 0.159 e. The van der Waals surface area contributed by atoms with Gasteiger partial charge in [0.25, 0.3) is 0 Å². The number of rotatable bonds is 23. The SMILES string of the molecule is CCCCC(CC)C(OC)OC.CCCCCCOC(CCCCC)OCCCCCC. The van der Waals surface area contributed by atoms with E-state index < -0.39 is 0 Å². The Kier molecular flexibility index (Phi) is 30.7. The van der Waals surface area contributed by atoms with Crippen LogP contribution in [0.25, 0.3) is 0 Å². The molecule has 0 aromatic carbocycles. The van der Waals surface area contributed by atoms with Crippen LogP contribution in [0.5, 0.6) is 0 Å². The molecule has 0 aromatic rings. The molecule has 0 saturated carbocycles. The molecule has 0 fully saturated rings. The first kappa shape index (κ1) is 34.0. The fourth-order valence-corrected chi connectivity index (χ4v) is 3.74. The first-order valence-corrected chi connectivity index (χ1v) is 13.9. The van der Waals surface area contributed by atoms with Crippen LogP contribution in [0.1, 0.15) is 137 Å². The van der Waals surface area contributed by atoms with Gasteiger partial charge >= 0.3 is 0 Å². The van der Waals surface area contributed by atoms with E-state index in [-0.39, 0.29) is 12.6 Å². The Bertz CT molecular complexity index is 307. The van der Waals surface area contributed by atoms with E-state index in [9.17, 15) is 0 Å². The summed E-state index contributed by atoms with van der Waals surface area (Å²) in [7, 11) is 3.42. The highest BCUT2D eigenvalue weighted by Crippen LogP contribution is 2.19. The Labute approximate surface area is 202 Å². The van der Waals surface area contributed by atoms with Gasteiger partial charge in [-0.2, -0.15) is 0 Å². The monoisotopic (exact) mass is 460 g/mol. The van der Waals surface area contributed by atoms with Crippen molar-refractivity contribution in [3.05, 3.63) is 0 Å². The third-order valence-corrected chi connectivity index (χ3v) is 5.95. The van der Waals surface area contributed by atoms with Gasteiger partial charge in [-0.05, 0) is 38.5 Å². The zero-order valence-electron chi connectivity index (χ0n) is 23.1. The van der Waals surface area contributed by atoms with Gasteiger partial charge in [-0.3, -0.25) is 0 Å². The standard InChI is InChI=1S/C18H38O2.C10H22O2/c1-4-7-10-13-16-19-18(15-12-9-6-3)20-17-14-11-8-5-2;1-5-7-8-9(6-2)10(11-3)12-4/h18H,4-17H2,1-3H3;9-10H,5-8H2,1-4H3. The third-order valence-electron chi connectivity index (χ3n) is 5.95. The van der Waals surface area contributed by atoms with Crippen molar-refractivity contribution in [1.82, 2.24) is 0 Å². The van der Waals surface area contributed by atoms with Gasteiger partial charge < -0.3 is 18.9 Å². The fraction of sp³-hybridized carbons (Fsp3) is 1.00. The molecular formula is C28H60O4. The van der Waals surface area contributed by atoms with Crippen LogP contribution < -0.4 is 0 Å². The second kappa shape index (κ2) is 28.9. The minimum Gasteiger partial charge on any atom is -0.356 e. The largest absolute Gasteiger partial charge is 0.356 e. The summed E-state index contributed by atoms with van der Waals surface area (Å²) in [6, 6.07) is 0. The predicted molar refractivity (Wildman–Crippen MR) is 139 cm³/mol. The van der Waals surface area contributed by atoms with Crippen LogP contribution >= 0.6 is 0 Å². The summed E-state index contributed by atoms with van der Waals surface area (Å²) in [6.07, 6.45) is 19.9. The molecule has 0 heterocycles. The van der Waals surface area contributed by atoms with Gasteiger partial charge in [0.15, 0.2) is 12.6 Å². The van der Waals surface area contributed by atoms with Crippen molar-refractivity contribution in [3.8, 4) is 0 Å². The Morgan fingerprint density at radius 1 is 0.500 bits per heavy atom. The lowest BCUT2D eigenvalue weighted by Crippen LogP contribution is -2.24. The van der Waals surface area contributed by atoms with E-state index in [1.54, 1.807) is 14.2 Å². The van der Waals surface area contributed by atoms with Crippen LogP contribution in [-0.2, 0) is 18.9 Å². The molecule has 0 saturated heterocycles. The number of unbranched alkanes of at least 4 members (excludes halogenated alkanes) is 9. The normalized spacial score (nSPS) is 12.3. The van der Waals surface area contributed by atoms with E-state index in [1.807, 2.05) is 0 Å². The minimum atomic E-state index is -0.0125. The minimum absolute atomic E-state index is 0.0125. The van der Waals surface area contributed by atoms with Crippen LogP contribution in [0.3, 0.4) is 0 Å². The van der Waals surface area contributed by atoms with Gasteiger partial charge in [0.2, 0.25) is 0 Å². The first-order valence-electron chi connectivity index (χ1n) is 13.9. The van der Waals surface area contributed by atoms with Crippen LogP contribution in [-0.4, -0.2) is 40.0 Å². The molecule has 0 aliphatic carbocycles. The van der Waals surface area contributed by atoms with Gasteiger partial charge in [0, 0.05) is 33.4 Å². The van der Waals surface area contributed by atoms with Crippen molar-refractivity contribution >= 4 is 0 Å². The Hall–Kier alpha value is -0.160. The highest BCUT2D eigenvalue weighted by Gasteiger charge is 2.17. The molecule has 0 aliphatic rings. The molecule has 1 unspecified atom stereocenters. The van der Waals surface area contributed by atoms with Gasteiger partial charge in [-0.15, -0.1) is 0 Å². The molecule has 0 bridgehead atoms. The van der Waals surface area contributed by atoms with Crippen molar-refractivity contribution in [2.24, 2.45) is 5.92 Å². The van der Waals surface area contributed by atoms with E-state index >= 15 is 0 Å². The summed E-state index contributed by atoms with van der Waals surface area (Å²) in [5, 5.41) is 0. The van der Waals surface area contributed by atoms with Crippen molar-refractivity contribution in [3.63, 3.8) is 0 Å². The maximum Gasteiger partial charge on any atom is 0.159 e. The van der Waals surface area contributed by atoms with Crippen LogP contribution in [0.4, 0.5) is 0 Å². The number of hydrogen-bond acceptors (Lipinski definition) is 4. The zero-order valence-corrected chi connectivity index (χ0v) is 23.1. The van der Waals surface area contributed by atoms with Gasteiger partial charge in [0.1, 0.15) is 0 Å². The second-order valence-corrected chi connectivity index (χ2v) is 8.94. The van der Waals surface area contributed by atoms with E-state index in [4.69, 9.17) is 18.9 Å². The van der Waals surface area contributed by atoms with E-state index in [0.717, 1.165) is 26.1 Å². The van der Waals surface area contributed by atoms with Crippen molar-refractivity contribution < 1.29 is 18.9 Å². The molecule has 0 N–H and O–H groups in total. The highest BCUT2D eigenvalue weighted by atomic mass is 16.7. The molecule has 32 heavy (non-hydrogen) atoms. The molecule has 0 rings (SSSR count). The summed E-state index contributed by atoms with van der Waals surface area (Å²) >= 11 is 0. The number of hydrogen-bond donors (Lipinski definition) is 0. The van der Waals surface area contributed by atoms with E-state index in [0.29, 0.717) is 5.92 Å². The lowest BCUT2D eigenvalue weighted by atomic mass is 9.99. The molecule has 0 amide bonds.